The van der Waals surface area contributed by atoms with Gasteiger partial charge in [0.2, 0.25) is 0 Å². The Bertz CT molecular complexity index is 2460. The molecule has 0 N–H and O–H groups in total. The first-order valence-electron chi connectivity index (χ1n) is 15.3. The van der Waals surface area contributed by atoms with E-state index in [1.54, 1.807) is 0 Å². The van der Waals surface area contributed by atoms with Crippen LogP contribution in [0.4, 0.5) is 0 Å². The van der Waals surface area contributed by atoms with Gasteiger partial charge in [0.25, 0.3) is 0 Å². The van der Waals surface area contributed by atoms with Gasteiger partial charge in [-0.3, -0.25) is 0 Å². The predicted molar refractivity (Wildman–Crippen MR) is 189 cm³/mol. The third-order valence-corrected chi connectivity index (χ3v) is 9.24. The van der Waals surface area contributed by atoms with Crippen LogP contribution in [0.2, 0.25) is 0 Å². The van der Waals surface area contributed by atoms with Gasteiger partial charge in [0, 0.05) is 0 Å². The maximum Gasteiger partial charge on any atom is -0.00203 e. The first kappa shape index (κ1) is 24.8. The molecule has 0 unspecified atom stereocenters. The van der Waals surface area contributed by atoms with E-state index in [0.29, 0.717) is 0 Å². The van der Waals surface area contributed by atoms with E-state index < -0.39 is 0 Å². The van der Waals surface area contributed by atoms with E-state index in [1.807, 2.05) is 0 Å². The Labute approximate surface area is 256 Å². The van der Waals surface area contributed by atoms with E-state index in [4.69, 9.17) is 0 Å². The van der Waals surface area contributed by atoms with Crippen LogP contribution in [0.1, 0.15) is 0 Å². The zero-order valence-electron chi connectivity index (χ0n) is 24.2. The second kappa shape index (κ2) is 9.93. The van der Waals surface area contributed by atoms with Crippen molar-refractivity contribution in [3.63, 3.8) is 0 Å². The highest BCUT2D eigenvalue weighted by Crippen LogP contribution is 2.43. The number of rotatable bonds is 4. The lowest BCUT2D eigenvalue weighted by Crippen LogP contribution is -1.90. The quantitative estimate of drug-likeness (QED) is 0.189. The summed E-state index contributed by atoms with van der Waals surface area (Å²) in [7, 11) is 0. The van der Waals surface area contributed by atoms with Gasteiger partial charge >= 0.3 is 0 Å². The second-order valence-electron chi connectivity index (χ2n) is 11.7. The molecular weight excluding hydrogens is 528 g/mol. The molecule has 9 aromatic carbocycles. The number of hydrogen-bond acceptors (Lipinski definition) is 0. The largest absolute Gasteiger partial charge is 0.0622 e. The normalized spacial score (nSPS) is 11.6. The molecule has 44 heavy (non-hydrogen) atoms. The maximum atomic E-state index is 2.32. The third kappa shape index (κ3) is 3.92. The molecule has 0 aromatic heterocycles. The average Bonchev–Trinajstić information content (AvgIpc) is 3.11. The minimum Gasteiger partial charge on any atom is -0.0622 e. The molecule has 0 aliphatic carbocycles. The number of hydrogen-bond donors (Lipinski definition) is 0. The van der Waals surface area contributed by atoms with Crippen LogP contribution in [0, 0.1) is 0 Å². The van der Waals surface area contributed by atoms with E-state index in [-0.39, 0.29) is 0 Å². The Balaban J connectivity index is 1.19. The summed E-state index contributed by atoms with van der Waals surface area (Å²) >= 11 is 0. The highest BCUT2D eigenvalue weighted by molar-refractivity contribution is 6.27. The molecule has 204 valence electrons. The molecule has 0 atom stereocenters. The molecule has 0 bridgehead atoms. The predicted octanol–water partition coefficient (Wildman–Crippen LogP) is 12.4. The van der Waals surface area contributed by atoms with E-state index in [9.17, 15) is 0 Å². The molecule has 0 amide bonds. The molecule has 0 heterocycles. The van der Waals surface area contributed by atoms with Gasteiger partial charge in [0.15, 0.2) is 0 Å². The van der Waals surface area contributed by atoms with Crippen LogP contribution in [0.15, 0.2) is 170 Å². The SMILES string of the molecule is c1ccc(-c2cccc(-c3ccc4ccc5c(-c6ccc(-c7cccc8ccccc78)cc6)ccc6ccc3c4c65)c2)cc1. The van der Waals surface area contributed by atoms with Crippen molar-refractivity contribution in [2.24, 2.45) is 0 Å². The van der Waals surface area contributed by atoms with Crippen LogP contribution in [0.5, 0.6) is 0 Å². The minimum absolute atomic E-state index is 1.24. The molecule has 9 aromatic rings. The Morgan fingerprint density at radius 3 is 1.43 bits per heavy atom. The minimum atomic E-state index is 1.24. The second-order valence-corrected chi connectivity index (χ2v) is 11.7. The Kier molecular flexibility index (Phi) is 5.61. The smallest absolute Gasteiger partial charge is 0.00203 e. The van der Waals surface area contributed by atoms with Gasteiger partial charge < -0.3 is 0 Å². The van der Waals surface area contributed by atoms with Gasteiger partial charge in [-0.2, -0.15) is 0 Å². The molecule has 0 spiro atoms. The zero-order chi connectivity index (χ0) is 29.0. The van der Waals surface area contributed by atoms with Crippen molar-refractivity contribution in [1.29, 1.82) is 0 Å². The molecular formula is C44H28. The molecule has 0 nitrogen and oxygen atoms in total. The van der Waals surface area contributed by atoms with Gasteiger partial charge in [-0.1, -0.05) is 164 Å². The van der Waals surface area contributed by atoms with Crippen LogP contribution < -0.4 is 0 Å². The van der Waals surface area contributed by atoms with Crippen LogP contribution >= 0.6 is 0 Å². The van der Waals surface area contributed by atoms with Crippen LogP contribution in [-0.4, -0.2) is 0 Å². The monoisotopic (exact) mass is 556 g/mol. The first-order chi connectivity index (χ1) is 21.8. The lowest BCUT2D eigenvalue weighted by atomic mass is 9.86. The van der Waals surface area contributed by atoms with Crippen molar-refractivity contribution < 1.29 is 0 Å². The fraction of sp³-hybridized carbons (Fsp3) is 0. The summed E-state index contributed by atoms with van der Waals surface area (Å²) in [6, 6.07) is 62.2. The average molecular weight is 557 g/mol. The lowest BCUT2D eigenvalue weighted by molar-refractivity contribution is 1.61. The third-order valence-electron chi connectivity index (χ3n) is 9.24. The summed E-state index contributed by atoms with van der Waals surface area (Å²) in [6.45, 7) is 0. The Morgan fingerprint density at radius 1 is 0.227 bits per heavy atom. The highest BCUT2D eigenvalue weighted by atomic mass is 14.2. The van der Waals surface area contributed by atoms with E-state index in [2.05, 4.69) is 170 Å². The maximum absolute atomic E-state index is 2.32. The van der Waals surface area contributed by atoms with Gasteiger partial charge in [0.05, 0.1) is 0 Å². The lowest BCUT2D eigenvalue weighted by Gasteiger charge is -2.17. The van der Waals surface area contributed by atoms with Gasteiger partial charge in [0.1, 0.15) is 0 Å². The number of benzene rings is 9. The fourth-order valence-corrected chi connectivity index (χ4v) is 7.11. The van der Waals surface area contributed by atoms with Crippen molar-refractivity contribution in [3.05, 3.63) is 170 Å². The molecule has 0 aliphatic heterocycles. The summed E-state index contributed by atoms with van der Waals surface area (Å²) in [4.78, 5) is 0. The van der Waals surface area contributed by atoms with Crippen LogP contribution in [-0.2, 0) is 0 Å². The van der Waals surface area contributed by atoms with Crippen molar-refractivity contribution in [1.82, 2.24) is 0 Å². The molecule has 0 fully saturated rings. The summed E-state index contributed by atoms with van der Waals surface area (Å²) < 4.78 is 0. The van der Waals surface area contributed by atoms with Crippen LogP contribution in [0.3, 0.4) is 0 Å². The molecule has 0 heteroatoms. The molecule has 0 radical (unpaired) electrons. The highest BCUT2D eigenvalue weighted by Gasteiger charge is 2.15. The van der Waals surface area contributed by atoms with Gasteiger partial charge in [-0.05, 0) is 93.7 Å². The standard InChI is InChI=1S/C44H28/c1-2-8-29(9-3-1)35-12-6-13-36(28-35)40-25-21-34-22-26-41-39(24-20-33-23-27-42(40)44(34)43(33)41)32-18-16-31(17-19-32)38-15-7-11-30-10-4-5-14-37(30)38/h1-28H. The van der Waals surface area contributed by atoms with E-state index in [1.165, 1.54) is 87.6 Å². The van der Waals surface area contributed by atoms with E-state index >= 15 is 0 Å². The topological polar surface area (TPSA) is 0 Å². The summed E-state index contributed by atoms with van der Waals surface area (Å²) in [5.74, 6) is 0. The summed E-state index contributed by atoms with van der Waals surface area (Å²) in [5, 5.41) is 10.4. The van der Waals surface area contributed by atoms with Crippen LogP contribution in [0.25, 0.3) is 87.6 Å². The van der Waals surface area contributed by atoms with Crippen molar-refractivity contribution >= 4 is 43.1 Å². The van der Waals surface area contributed by atoms with Crippen molar-refractivity contribution in [3.8, 4) is 44.5 Å². The molecule has 0 aliphatic rings. The van der Waals surface area contributed by atoms with Gasteiger partial charge in [-0.15, -0.1) is 0 Å². The Hall–Kier alpha value is -5.72. The van der Waals surface area contributed by atoms with Crippen molar-refractivity contribution in [2.45, 2.75) is 0 Å². The van der Waals surface area contributed by atoms with Gasteiger partial charge in [-0.25, -0.2) is 0 Å². The molecule has 0 saturated heterocycles. The fourth-order valence-electron chi connectivity index (χ4n) is 7.11. The summed E-state index contributed by atoms with van der Waals surface area (Å²) in [5.41, 5.74) is 10.0. The first-order valence-corrected chi connectivity index (χ1v) is 15.3. The zero-order valence-corrected chi connectivity index (χ0v) is 24.2. The Morgan fingerprint density at radius 2 is 0.727 bits per heavy atom. The van der Waals surface area contributed by atoms with Crippen molar-refractivity contribution in [2.75, 3.05) is 0 Å². The summed E-state index contributed by atoms with van der Waals surface area (Å²) in [6.07, 6.45) is 0. The molecule has 9 rings (SSSR count). The molecule has 0 saturated carbocycles. The van der Waals surface area contributed by atoms with E-state index in [0.717, 1.165) is 0 Å². The number of fused-ring (bicyclic) bond motifs is 1.